The summed E-state index contributed by atoms with van der Waals surface area (Å²) in [7, 11) is 0. The molecule has 0 saturated heterocycles. The van der Waals surface area contributed by atoms with E-state index < -0.39 is 0 Å². The zero-order valence-corrected chi connectivity index (χ0v) is 8.13. The molecule has 0 atom stereocenters. The normalized spacial score (nSPS) is 10.1. The van der Waals surface area contributed by atoms with E-state index >= 15 is 0 Å². The van der Waals surface area contributed by atoms with Crippen LogP contribution in [0.5, 0.6) is 0 Å². The Hall–Kier alpha value is -1.32. The van der Waals surface area contributed by atoms with Crippen molar-refractivity contribution in [2.24, 2.45) is 0 Å². The molecule has 1 rings (SSSR count). The van der Waals surface area contributed by atoms with Gasteiger partial charge in [-0.25, -0.2) is 4.98 Å². The van der Waals surface area contributed by atoms with Crippen molar-refractivity contribution in [2.45, 2.75) is 27.3 Å². The topological polar surface area (TPSA) is 44.1 Å². The van der Waals surface area contributed by atoms with Crippen LogP contribution in [-0.2, 0) is 16.1 Å². The average Bonchev–Trinajstić information content (AvgIpc) is 2.37. The Morgan fingerprint density at radius 1 is 1.62 bits per heavy atom. The van der Waals surface area contributed by atoms with Crippen molar-refractivity contribution in [2.75, 3.05) is 6.61 Å². The second kappa shape index (κ2) is 4.07. The van der Waals surface area contributed by atoms with Gasteiger partial charge in [-0.15, -0.1) is 0 Å². The highest BCUT2D eigenvalue weighted by Gasteiger charge is 2.07. The maximum Gasteiger partial charge on any atom is 0.326 e. The second-order valence-corrected chi connectivity index (χ2v) is 2.77. The first kappa shape index (κ1) is 9.77. The minimum atomic E-state index is -0.251. The van der Waals surface area contributed by atoms with Crippen molar-refractivity contribution >= 4 is 5.97 Å². The first-order valence-corrected chi connectivity index (χ1v) is 4.22. The molecule has 0 saturated carbocycles. The summed E-state index contributed by atoms with van der Waals surface area (Å²) in [4.78, 5) is 15.0. The number of aryl methyl sites for hydroxylation is 1. The van der Waals surface area contributed by atoms with Crippen LogP contribution in [-0.4, -0.2) is 22.1 Å². The molecular formula is C9H13N2O2. The molecule has 4 heteroatoms. The molecule has 0 fully saturated rings. The smallest absolute Gasteiger partial charge is 0.326 e. The molecule has 0 N–H and O–H groups in total. The molecule has 0 aliphatic heterocycles. The number of rotatable bonds is 3. The summed E-state index contributed by atoms with van der Waals surface area (Å²) in [5.41, 5.74) is 1.84. The van der Waals surface area contributed by atoms with Crippen LogP contribution in [0.2, 0.25) is 0 Å². The van der Waals surface area contributed by atoms with Gasteiger partial charge in [-0.2, -0.15) is 0 Å². The molecule has 1 heterocycles. The summed E-state index contributed by atoms with van der Waals surface area (Å²) in [6, 6.07) is 0. The molecule has 0 unspecified atom stereocenters. The monoisotopic (exact) mass is 181 g/mol. The van der Waals surface area contributed by atoms with Gasteiger partial charge in [0.1, 0.15) is 6.54 Å². The molecule has 0 bridgehead atoms. The van der Waals surface area contributed by atoms with Crippen molar-refractivity contribution in [1.29, 1.82) is 0 Å². The van der Waals surface area contributed by atoms with Crippen LogP contribution < -0.4 is 0 Å². The molecule has 1 radical (unpaired) electrons. The van der Waals surface area contributed by atoms with E-state index in [4.69, 9.17) is 4.74 Å². The van der Waals surface area contributed by atoms with Gasteiger partial charge in [0, 0.05) is 5.69 Å². The van der Waals surface area contributed by atoms with Crippen molar-refractivity contribution < 1.29 is 9.53 Å². The molecule has 0 aliphatic carbocycles. The van der Waals surface area contributed by atoms with E-state index in [1.165, 1.54) is 0 Å². The first-order valence-electron chi connectivity index (χ1n) is 4.22. The quantitative estimate of drug-likeness (QED) is 0.650. The van der Waals surface area contributed by atoms with Crippen LogP contribution in [0, 0.1) is 20.2 Å². The number of hydrogen-bond donors (Lipinski definition) is 0. The Balaban J connectivity index is 2.64. The van der Waals surface area contributed by atoms with E-state index in [0.29, 0.717) is 6.61 Å². The maximum absolute atomic E-state index is 11.1. The number of carbonyl (C=O) groups is 1. The lowest BCUT2D eigenvalue weighted by atomic mass is 10.4. The van der Waals surface area contributed by atoms with E-state index in [-0.39, 0.29) is 12.5 Å². The van der Waals surface area contributed by atoms with E-state index in [0.717, 1.165) is 11.4 Å². The largest absolute Gasteiger partial charge is 0.465 e. The molecule has 4 nitrogen and oxygen atoms in total. The predicted molar refractivity (Wildman–Crippen MR) is 47.2 cm³/mol. The number of aromatic nitrogens is 2. The molecule has 0 spiro atoms. The summed E-state index contributed by atoms with van der Waals surface area (Å²) in [6.07, 6.45) is 2.73. The lowest BCUT2D eigenvalue weighted by Gasteiger charge is -2.03. The molecule has 0 aliphatic rings. The van der Waals surface area contributed by atoms with Gasteiger partial charge in [0.15, 0.2) is 6.33 Å². The van der Waals surface area contributed by atoms with Gasteiger partial charge in [0.05, 0.1) is 12.3 Å². The highest BCUT2D eigenvalue weighted by Crippen LogP contribution is 2.03. The number of carbonyl (C=O) groups excluding carboxylic acids is 1. The lowest BCUT2D eigenvalue weighted by molar-refractivity contribution is -0.143. The Morgan fingerprint density at radius 3 is 2.77 bits per heavy atom. The molecule has 1 aromatic rings. The van der Waals surface area contributed by atoms with Gasteiger partial charge in [0.2, 0.25) is 0 Å². The van der Waals surface area contributed by atoms with Gasteiger partial charge in [0.25, 0.3) is 0 Å². The summed E-state index contributed by atoms with van der Waals surface area (Å²) < 4.78 is 6.46. The fourth-order valence-electron chi connectivity index (χ4n) is 0.976. The van der Waals surface area contributed by atoms with Gasteiger partial charge in [-0.1, -0.05) is 0 Å². The highest BCUT2D eigenvalue weighted by atomic mass is 16.5. The number of ether oxygens (including phenoxy) is 1. The van der Waals surface area contributed by atoms with Crippen LogP contribution in [0.3, 0.4) is 0 Å². The van der Waals surface area contributed by atoms with Crippen LogP contribution in [0.15, 0.2) is 0 Å². The molecular weight excluding hydrogens is 168 g/mol. The standard InChI is InChI=1S/C9H13N2O2/c1-4-13-9(12)5-11-6-10-7(2)8(11)3/h4-5H2,1-3H3. The van der Waals surface area contributed by atoms with Crippen LogP contribution in [0.25, 0.3) is 0 Å². The fraction of sp³-hybridized carbons (Fsp3) is 0.556. The van der Waals surface area contributed by atoms with Crippen LogP contribution in [0.4, 0.5) is 0 Å². The SMILES string of the molecule is CCOC(=O)Cn1[c]nc(C)c1C. The molecule has 0 amide bonds. The third-order valence-corrected chi connectivity index (χ3v) is 1.86. The van der Waals surface area contributed by atoms with E-state index in [1.807, 2.05) is 13.8 Å². The van der Waals surface area contributed by atoms with Crippen LogP contribution >= 0.6 is 0 Å². The molecule has 71 valence electrons. The maximum atomic E-state index is 11.1. The Bertz CT molecular complexity index is 305. The van der Waals surface area contributed by atoms with E-state index in [1.54, 1.807) is 11.5 Å². The second-order valence-electron chi connectivity index (χ2n) is 2.77. The van der Waals surface area contributed by atoms with Gasteiger partial charge >= 0.3 is 5.97 Å². The fourth-order valence-corrected chi connectivity index (χ4v) is 0.976. The molecule has 0 aromatic carbocycles. The summed E-state index contributed by atoms with van der Waals surface area (Å²) in [5, 5.41) is 0. The van der Waals surface area contributed by atoms with Crippen LogP contribution in [0.1, 0.15) is 18.3 Å². The molecule has 1 aromatic heterocycles. The van der Waals surface area contributed by atoms with Crippen molar-refractivity contribution in [3.63, 3.8) is 0 Å². The Morgan fingerprint density at radius 2 is 2.31 bits per heavy atom. The van der Waals surface area contributed by atoms with Gasteiger partial charge in [-0.05, 0) is 20.8 Å². The number of esters is 1. The zero-order chi connectivity index (χ0) is 9.84. The average molecular weight is 181 g/mol. The van der Waals surface area contributed by atoms with Crippen molar-refractivity contribution in [3.8, 4) is 0 Å². The van der Waals surface area contributed by atoms with E-state index in [9.17, 15) is 4.79 Å². The highest BCUT2D eigenvalue weighted by molar-refractivity contribution is 5.69. The van der Waals surface area contributed by atoms with Gasteiger partial charge < -0.3 is 9.30 Å². The molecule has 13 heavy (non-hydrogen) atoms. The van der Waals surface area contributed by atoms with Gasteiger partial charge in [-0.3, -0.25) is 4.79 Å². The lowest BCUT2D eigenvalue weighted by Crippen LogP contribution is -2.13. The Kier molecular flexibility index (Phi) is 3.06. The Labute approximate surface area is 77.5 Å². The number of imidazole rings is 1. The zero-order valence-electron chi connectivity index (χ0n) is 8.13. The predicted octanol–water partition coefficient (Wildman–Crippen LogP) is 0.863. The third kappa shape index (κ3) is 2.31. The van der Waals surface area contributed by atoms with E-state index in [2.05, 4.69) is 11.3 Å². The summed E-state index contributed by atoms with van der Waals surface area (Å²) in [6.45, 7) is 6.17. The number of hydrogen-bond acceptors (Lipinski definition) is 3. The number of nitrogens with zero attached hydrogens (tertiary/aromatic N) is 2. The van der Waals surface area contributed by atoms with Crippen molar-refractivity contribution in [3.05, 3.63) is 17.7 Å². The first-order chi connectivity index (χ1) is 6.15. The minimum absolute atomic E-state index is 0.195. The summed E-state index contributed by atoms with van der Waals surface area (Å²) >= 11 is 0. The minimum Gasteiger partial charge on any atom is -0.465 e. The third-order valence-electron chi connectivity index (χ3n) is 1.86. The summed E-state index contributed by atoms with van der Waals surface area (Å²) in [5.74, 6) is -0.251. The van der Waals surface area contributed by atoms with Crippen molar-refractivity contribution in [1.82, 2.24) is 9.55 Å².